The molecule has 1 aliphatic carbocycles. The van der Waals surface area contributed by atoms with Crippen molar-refractivity contribution in [2.75, 3.05) is 32.8 Å². The summed E-state index contributed by atoms with van der Waals surface area (Å²) < 4.78 is 7.10. The second-order valence-corrected chi connectivity index (χ2v) is 7.77. The molecule has 1 aromatic rings. The van der Waals surface area contributed by atoms with E-state index in [0.29, 0.717) is 5.69 Å². The van der Waals surface area contributed by atoms with Crippen LogP contribution in [0.25, 0.3) is 0 Å². The summed E-state index contributed by atoms with van der Waals surface area (Å²) in [7, 11) is 1.81. The Kier molecular flexibility index (Phi) is 4.33. The standard InChI is InChI=1S/C18H28N4O3/c1-13-11-15(20(2)19-13)17(23)22-14-3-5-18(24,6-4-14)16(22)12-21-7-9-25-10-8-21/h11,14,16,24H,3-10,12H2,1-2H3. The third kappa shape index (κ3) is 2.98. The van der Waals surface area contributed by atoms with Crippen LogP contribution in [0, 0.1) is 6.92 Å². The minimum absolute atomic E-state index is 0.00387. The van der Waals surface area contributed by atoms with Crippen LogP contribution in [-0.4, -0.2) is 81.1 Å². The molecule has 1 aromatic heterocycles. The Morgan fingerprint density at radius 2 is 2.04 bits per heavy atom. The first kappa shape index (κ1) is 17.0. The molecule has 5 rings (SSSR count). The van der Waals surface area contributed by atoms with E-state index >= 15 is 0 Å². The maximum atomic E-state index is 13.3. The first-order chi connectivity index (χ1) is 12.0. The summed E-state index contributed by atoms with van der Waals surface area (Å²) in [6, 6.07) is 1.92. The van der Waals surface area contributed by atoms with Gasteiger partial charge in [0, 0.05) is 32.7 Å². The maximum absolute atomic E-state index is 13.3. The number of aromatic nitrogens is 2. The fourth-order valence-electron chi connectivity index (χ4n) is 4.76. The number of hydrogen-bond donors (Lipinski definition) is 1. The van der Waals surface area contributed by atoms with Gasteiger partial charge in [0.2, 0.25) is 0 Å². The van der Waals surface area contributed by atoms with Gasteiger partial charge in [0.1, 0.15) is 5.69 Å². The van der Waals surface area contributed by atoms with Gasteiger partial charge in [-0.15, -0.1) is 0 Å². The molecule has 25 heavy (non-hydrogen) atoms. The van der Waals surface area contributed by atoms with Gasteiger partial charge in [-0.1, -0.05) is 0 Å². The van der Waals surface area contributed by atoms with Gasteiger partial charge in [0.05, 0.1) is 30.6 Å². The Morgan fingerprint density at radius 3 is 2.64 bits per heavy atom. The number of rotatable bonds is 3. The molecule has 4 aliphatic rings. The van der Waals surface area contributed by atoms with Crippen molar-refractivity contribution in [2.45, 2.75) is 50.3 Å². The summed E-state index contributed by atoms with van der Waals surface area (Å²) in [6.45, 7) is 5.80. The second-order valence-electron chi connectivity index (χ2n) is 7.77. The fraction of sp³-hybridized carbons (Fsp3) is 0.778. The average molecular weight is 348 g/mol. The van der Waals surface area contributed by atoms with Crippen LogP contribution in [0.4, 0.5) is 0 Å². The number of amides is 1. The van der Waals surface area contributed by atoms with E-state index in [1.165, 1.54) is 0 Å². The number of hydrogen-bond acceptors (Lipinski definition) is 5. The highest BCUT2D eigenvalue weighted by molar-refractivity contribution is 5.93. The molecule has 7 nitrogen and oxygen atoms in total. The first-order valence-electron chi connectivity index (χ1n) is 9.34. The average Bonchev–Trinajstić information content (AvgIpc) is 2.95. The lowest BCUT2D eigenvalue weighted by molar-refractivity contribution is -0.138. The fourth-order valence-corrected chi connectivity index (χ4v) is 4.76. The Hall–Kier alpha value is -1.44. The molecule has 2 bridgehead atoms. The van der Waals surface area contributed by atoms with Crippen molar-refractivity contribution in [3.63, 3.8) is 0 Å². The monoisotopic (exact) mass is 348 g/mol. The molecule has 1 saturated carbocycles. The Balaban J connectivity index is 1.62. The Morgan fingerprint density at radius 1 is 1.36 bits per heavy atom. The molecule has 1 atom stereocenters. The second kappa shape index (κ2) is 6.37. The number of aliphatic hydroxyl groups is 1. The predicted molar refractivity (Wildman–Crippen MR) is 92.4 cm³/mol. The third-order valence-electron chi connectivity index (χ3n) is 6.16. The summed E-state index contributed by atoms with van der Waals surface area (Å²) in [5.41, 5.74) is 0.688. The van der Waals surface area contributed by atoms with Crippen LogP contribution in [0.3, 0.4) is 0 Å². The van der Waals surface area contributed by atoms with Crippen LogP contribution >= 0.6 is 0 Å². The van der Waals surface area contributed by atoms with Gasteiger partial charge in [0.25, 0.3) is 5.91 Å². The van der Waals surface area contributed by atoms with Crippen molar-refractivity contribution < 1.29 is 14.6 Å². The zero-order valence-electron chi connectivity index (χ0n) is 15.1. The van der Waals surface area contributed by atoms with Crippen LogP contribution in [0.5, 0.6) is 0 Å². The van der Waals surface area contributed by atoms with Crippen molar-refractivity contribution in [3.05, 3.63) is 17.5 Å². The minimum atomic E-state index is -0.768. The van der Waals surface area contributed by atoms with E-state index in [4.69, 9.17) is 4.74 Å². The number of piperidine rings is 2. The molecule has 4 heterocycles. The van der Waals surface area contributed by atoms with E-state index in [2.05, 4.69) is 10.00 Å². The van der Waals surface area contributed by atoms with Gasteiger partial charge in [-0.25, -0.2) is 0 Å². The van der Waals surface area contributed by atoms with Gasteiger partial charge < -0.3 is 14.7 Å². The van der Waals surface area contributed by atoms with Gasteiger partial charge in [-0.2, -0.15) is 5.10 Å². The number of carbonyl (C=O) groups excluding carboxylic acids is 1. The number of fused-ring (bicyclic) bond motifs is 3. The van der Waals surface area contributed by atoms with Crippen molar-refractivity contribution in [3.8, 4) is 0 Å². The number of carbonyl (C=O) groups is 1. The van der Waals surface area contributed by atoms with E-state index in [1.807, 2.05) is 24.9 Å². The van der Waals surface area contributed by atoms with Crippen LogP contribution in [-0.2, 0) is 11.8 Å². The molecule has 1 unspecified atom stereocenters. The van der Waals surface area contributed by atoms with Crippen molar-refractivity contribution in [2.24, 2.45) is 7.05 Å². The summed E-state index contributed by atoms with van der Waals surface area (Å²) in [6.07, 6.45) is 3.36. The van der Waals surface area contributed by atoms with Crippen LogP contribution in [0.15, 0.2) is 6.07 Å². The zero-order valence-corrected chi connectivity index (χ0v) is 15.1. The lowest BCUT2D eigenvalue weighted by Crippen LogP contribution is -2.69. The Bertz CT molecular complexity index is 645. The molecule has 0 aromatic carbocycles. The van der Waals surface area contributed by atoms with Crippen molar-refractivity contribution in [1.82, 2.24) is 19.6 Å². The predicted octanol–water partition coefficient (Wildman–Crippen LogP) is 0.559. The molecule has 1 N–H and O–H groups in total. The largest absolute Gasteiger partial charge is 0.388 e. The number of nitrogens with zero attached hydrogens (tertiary/aromatic N) is 4. The molecule has 0 spiro atoms. The topological polar surface area (TPSA) is 70.8 Å². The zero-order chi connectivity index (χ0) is 17.6. The highest BCUT2D eigenvalue weighted by atomic mass is 16.5. The van der Waals surface area contributed by atoms with E-state index in [-0.39, 0.29) is 18.0 Å². The Labute approximate surface area is 148 Å². The van der Waals surface area contributed by atoms with Crippen molar-refractivity contribution >= 4 is 5.91 Å². The lowest BCUT2D eigenvalue weighted by atomic mass is 9.70. The third-order valence-corrected chi connectivity index (χ3v) is 6.16. The van der Waals surface area contributed by atoms with Crippen molar-refractivity contribution in [1.29, 1.82) is 0 Å². The summed E-state index contributed by atoms with van der Waals surface area (Å²) in [4.78, 5) is 17.6. The van der Waals surface area contributed by atoms with Crippen LogP contribution in [0.1, 0.15) is 41.9 Å². The lowest BCUT2D eigenvalue weighted by Gasteiger charge is -2.57. The number of ether oxygens (including phenoxy) is 1. The number of morpholine rings is 1. The molecule has 0 radical (unpaired) electrons. The van der Waals surface area contributed by atoms with E-state index in [9.17, 15) is 9.90 Å². The number of aryl methyl sites for hydroxylation is 2. The SMILES string of the molecule is Cc1cc(C(=O)N2C3CCC(O)(CC3)C2CN2CCOCC2)n(C)n1. The molecule has 7 heteroatoms. The summed E-state index contributed by atoms with van der Waals surface area (Å²) in [5.74, 6) is 0.00387. The molecular formula is C18H28N4O3. The highest BCUT2D eigenvalue weighted by Crippen LogP contribution is 2.43. The highest BCUT2D eigenvalue weighted by Gasteiger charge is 2.53. The minimum Gasteiger partial charge on any atom is -0.388 e. The molecule has 3 aliphatic heterocycles. The van der Waals surface area contributed by atoms with Gasteiger partial charge >= 0.3 is 0 Å². The van der Waals surface area contributed by atoms with Gasteiger partial charge in [0.15, 0.2) is 0 Å². The first-order valence-corrected chi connectivity index (χ1v) is 9.34. The van der Waals surface area contributed by atoms with E-state index in [0.717, 1.165) is 64.2 Å². The van der Waals surface area contributed by atoms with Gasteiger partial charge in [-0.05, 0) is 38.7 Å². The molecule has 1 amide bonds. The van der Waals surface area contributed by atoms with E-state index in [1.54, 1.807) is 4.68 Å². The quantitative estimate of drug-likeness (QED) is 0.864. The van der Waals surface area contributed by atoms with Gasteiger partial charge in [-0.3, -0.25) is 14.4 Å². The normalized spacial score (nSPS) is 33.0. The molecular weight excluding hydrogens is 320 g/mol. The van der Waals surface area contributed by atoms with E-state index < -0.39 is 5.60 Å². The van der Waals surface area contributed by atoms with Crippen LogP contribution < -0.4 is 0 Å². The van der Waals surface area contributed by atoms with Crippen LogP contribution in [0.2, 0.25) is 0 Å². The molecule has 4 fully saturated rings. The molecule has 3 saturated heterocycles. The summed E-state index contributed by atoms with van der Waals surface area (Å²) in [5, 5.41) is 15.6. The molecule has 138 valence electrons. The maximum Gasteiger partial charge on any atom is 0.272 e. The summed E-state index contributed by atoms with van der Waals surface area (Å²) >= 11 is 0. The smallest absolute Gasteiger partial charge is 0.272 e.